The standard InChI is InChI=1S/C9H16N2O2/c12-9(11-13)10-7-6-8-4-2-1-3-5-8/h4,13H,1-3,5-7H2,(H2,10,11,12). The topological polar surface area (TPSA) is 61.4 Å². The zero-order chi connectivity index (χ0) is 9.52. The van der Waals surface area contributed by atoms with Crippen molar-refractivity contribution < 1.29 is 10.0 Å². The summed E-state index contributed by atoms with van der Waals surface area (Å²) in [4.78, 5) is 10.6. The highest BCUT2D eigenvalue weighted by Gasteiger charge is 2.03. The average Bonchev–Trinajstić information content (AvgIpc) is 2.19. The van der Waals surface area contributed by atoms with Crippen LogP contribution >= 0.6 is 0 Å². The van der Waals surface area contributed by atoms with E-state index >= 15 is 0 Å². The van der Waals surface area contributed by atoms with Crippen LogP contribution in [0.1, 0.15) is 32.1 Å². The first-order valence-corrected chi connectivity index (χ1v) is 4.69. The molecule has 4 nitrogen and oxygen atoms in total. The summed E-state index contributed by atoms with van der Waals surface area (Å²) in [5.41, 5.74) is 2.95. The van der Waals surface area contributed by atoms with Gasteiger partial charge in [0.25, 0.3) is 0 Å². The molecule has 0 unspecified atom stereocenters. The van der Waals surface area contributed by atoms with Gasteiger partial charge in [-0.1, -0.05) is 11.6 Å². The summed E-state index contributed by atoms with van der Waals surface area (Å²) in [6.07, 6.45) is 8.02. The van der Waals surface area contributed by atoms with E-state index in [2.05, 4.69) is 11.4 Å². The van der Waals surface area contributed by atoms with E-state index in [0.717, 1.165) is 12.8 Å². The first-order chi connectivity index (χ1) is 6.33. The molecule has 0 radical (unpaired) electrons. The summed E-state index contributed by atoms with van der Waals surface area (Å²) >= 11 is 0. The summed E-state index contributed by atoms with van der Waals surface area (Å²) in [6, 6.07) is -0.531. The van der Waals surface area contributed by atoms with E-state index in [0.29, 0.717) is 6.54 Å². The normalized spacial score (nSPS) is 16.2. The van der Waals surface area contributed by atoms with E-state index in [1.807, 2.05) is 0 Å². The van der Waals surface area contributed by atoms with E-state index in [1.54, 1.807) is 0 Å². The number of carbonyl (C=O) groups is 1. The van der Waals surface area contributed by atoms with Crippen molar-refractivity contribution in [1.82, 2.24) is 10.8 Å². The number of carbonyl (C=O) groups excluding carboxylic acids is 1. The molecule has 0 aromatic heterocycles. The Kier molecular flexibility index (Phi) is 4.32. The predicted molar refractivity (Wildman–Crippen MR) is 49.5 cm³/mol. The maximum absolute atomic E-state index is 10.6. The van der Waals surface area contributed by atoms with Crippen LogP contribution in [0.3, 0.4) is 0 Å². The predicted octanol–water partition coefficient (Wildman–Crippen LogP) is 1.57. The number of hydrogen-bond donors (Lipinski definition) is 3. The molecule has 1 aliphatic rings. The van der Waals surface area contributed by atoms with Gasteiger partial charge in [0.2, 0.25) is 0 Å². The molecule has 3 N–H and O–H groups in total. The minimum Gasteiger partial charge on any atom is -0.336 e. The first kappa shape index (κ1) is 10.1. The molecular formula is C9H16N2O2. The molecular weight excluding hydrogens is 168 g/mol. The van der Waals surface area contributed by atoms with E-state index in [-0.39, 0.29) is 0 Å². The quantitative estimate of drug-likeness (QED) is 0.354. The molecule has 0 atom stereocenters. The highest BCUT2D eigenvalue weighted by atomic mass is 16.5. The molecule has 13 heavy (non-hydrogen) atoms. The van der Waals surface area contributed by atoms with Crippen molar-refractivity contribution in [2.75, 3.05) is 6.54 Å². The third-order valence-electron chi connectivity index (χ3n) is 2.22. The number of amides is 2. The number of rotatable bonds is 3. The lowest BCUT2D eigenvalue weighted by Crippen LogP contribution is -2.33. The van der Waals surface area contributed by atoms with Crippen molar-refractivity contribution in [2.45, 2.75) is 32.1 Å². The second kappa shape index (κ2) is 5.59. The number of nitrogens with one attached hydrogen (secondary N) is 2. The molecule has 0 spiro atoms. The molecule has 0 aromatic rings. The molecule has 0 saturated carbocycles. The summed E-state index contributed by atoms with van der Waals surface area (Å²) in [7, 11) is 0. The number of allylic oxidation sites excluding steroid dienone is 1. The summed E-state index contributed by atoms with van der Waals surface area (Å²) < 4.78 is 0. The minimum atomic E-state index is -0.531. The molecule has 0 aliphatic heterocycles. The van der Waals surface area contributed by atoms with Crippen molar-refractivity contribution in [3.63, 3.8) is 0 Å². The van der Waals surface area contributed by atoms with Crippen LogP contribution in [-0.2, 0) is 0 Å². The van der Waals surface area contributed by atoms with Gasteiger partial charge in [-0.15, -0.1) is 0 Å². The van der Waals surface area contributed by atoms with E-state index in [4.69, 9.17) is 5.21 Å². The average molecular weight is 184 g/mol. The molecule has 2 amide bonds. The van der Waals surface area contributed by atoms with Crippen LogP contribution in [0.5, 0.6) is 0 Å². The van der Waals surface area contributed by atoms with Crippen molar-refractivity contribution in [3.8, 4) is 0 Å². The van der Waals surface area contributed by atoms with Crippen molar-refractivity contribution in [2.24, 2.45) is 0 Å². The zero-order valence-electron chi connectivity index (χ0n) is 7.68. The molecule has 0 saturated heterocycles. The van der Waals surface area contributed by atoms with Crippen molar-refractivity contribution in [1.29, 1.82) is 0 Å². The van der Waals surface area contributed by atoms with Crippen LogP contribution in [0.15, 0.2) is 11.6 Å². The smallest absolute Gasteiger partial charge is 0.336 e. The fourth-order valence-corrected chi connectivity index (χ4v) is 1.51. The molecule has 4 heteroatoms. The number of urea groups is 1. The molecule has 74 valence electrons. The molecule has 0 bridgehead atoms. The van der Waals surface area contributed by atoms with Gasteiger partial charge in [-0.2, -0.15) is 0 Å². The Hall–Kier alpha value is -1.03. The lowest BCUT2D eigenvalue weighted by atomic mass is 9.97. The highest BCUT2D eigenvalue weighted by Crippen LogP contribution is 2.19. The third-order valence-corrected chi connectivity index (χ3v) is 2.22. The van der Waals surface area contributed by atoms with Gasteiger partial charge in [-0.3, -0.25) is 5.21 Å². The van der Waals surface area contributed by atoms with Gasteiger partial charge in [-0.05, 0) is 32.1 Å². The number of hydroxylamine groups is 1. The van der Waals surface area contributed by atoms with E-state index in [1.165, 1.54) is 30.3 Å². The van der Waals surface area contributed by atoms with Crippen LogP contribution in [0, 0.1) is 0 Å². The van der Waals surface area contributed by atoms with Gasteiger partial charge in [-0.25, -0.2) is 10.3 Å². The van der Waals surface area contributed by atoms with Crippen molar-refractivity contribution in [3.05, 3.63) is 11.6 Å². The summed E-state index contributed by atoms with van der Waals surface area (Å²) in [5, 5.41) is 10.7. The summed E-state index contributed by atoms with van der Waals surface area (Å²) in [6.45, 7) is 0.595. The third kappa shape index (κ3) is 3.94. The molecule has 0 fully saturated rings. The van der Waals surface area contributed by atoms with Crippen LogP contribution in [0.4, 0.5) is 4.79 Å². The van der Waals surface area contributed by atoms with Gasteiger partial charge in [0.15, 0.2) is 0 Å². The van der Waals surface area contributed by atoms with Gasteiger partial charge < -0.3 is 5.32 Å². The Morgan fingerprint density at radius 1 is 1.54 bits per heavy atom. The van der Waals surface area contributed by atoms with Crippen molar-refractivity contribution >= 4 is 6.03 Å². The van der Waals surface area contributed by atoms with Gasteiger partial charge in [0.05, 0.1) is 0 Å². The van der Waals surface area contributed by atoms with Crippen LogP contribution in [0.2, 0.25) is 0 Å². The SMILES string of the molecule is O=C(NO)NCCC1=CCCCC1. The Morgan fingerprint density at radius 2 is 2.38 bits per heavy atom. The molecule has 1 rings (SSSR count). The maximum atomic E-state index is 10.6. The Bertz CT molecular complexity index is 202. The minimum absolute atomic E-state index is 0.531. The Balaban J connectivity index is 2.11. The number of hydrogen-bond acceptors (Lipinski definition) is 2. The fraction of sp³-hybridized carbons (Fsp3) is 0.667. The lowest BCUT2D eigenvalue weighted by molar-refractivity contribution is 0.162. The van der Waals surface area contributed by atoms with Gasteiger partial charge in [0, 0.05) is 6.54 Å². The molecule has 1 aliphatic carbocycles. The van der Waals surface area contributed by atoms with E-state index < -0.39 is 6.03 Å². The largest absolute Gasteiger partial charge is 0.338 e. The second-order valence-electron chi connectivity index (χ2n) is 3.23. The fourth-order valence-electron chi connectivity index (χ4n) is 1.51. The maximum Gasteiger partial charge on any atom is 0.338 e. The van der Waals surface area contributed by atoms with E-state index in [9.17, 15) is 4.79 Å². The van der Waals surface area contributed by atoms with Crippen LogP contribution in [0.25, 0.3) is 0 Å². The zero-order valence-corrected chi connectivity index (χ0v) is 7.68. The van der Waals surface area contributed by atoms with Gasteiger partial charge >= 0.3 is 6.03 Å². The van der Waals surface area contributed by atoms with Gasteiger partial charge in [0.1, 0.15) is 0 Å². The Morgan fingerprint density at radius 3 is 3.00 bits per heavy atom. The summed E-state index contributed by atoms with van der Waals surface area (Å²) in [5.74, 6) is 0. The second-order valence-corrected chi connectivity index (χ2v) is 3.23. The Labute approximate surface area is 78.0 Å². The lowest BCUT2D eigenvalue weighted by Gasteiger charge is -2.12. The van der Waals surface area contributed by atoms with Crippen LogP contribution < -0.4 is 10.8 Å². The molecule has 0 aromatic carbocycles. The molecule has 0 heterocycles. The van der Waals surface area contributed by atoms with Crippen LogP contribution in [-0.4, -0.2) is 17.8 Å². The first-order valence-electron chi connectivity index (χ1n) is 4.69. The monoisotopic (exact) mass is 184 g/mol. The highest BCUT2D eigenvalue weighted by molar-refractivity contribution is 5.72.